The first kappa shape index (κ1) is 14.7. The molecule has 1 aromatic heterocycles. The highest BCUT2D eigenvalue weighted by Gasteiger charge is 2.30. The highest BCUT2D eigenvalue weighted by Crippen LogP contribution is 2.23. The second-order valence-electron chi connectivity index (χ2n) is 5.88. The summed E-state index contributed by atoms with van der Waals surface area (Å²) in [6.45, 7) is 7.04. The topological polar surface area (TPSA) is 33.2 Å². The van der Waals surface area contributed by atoms with Gasteiger partial charge in [-0.2, -0.15) is 0 Å². The van der Waals surface area contributed by atoms with Crippen molar-refractivity contribution >= 4 is 21.6 Å². The molecular weight excluding hydrogens is 280 g/mol. The first-order chi connectivity index (χ1) is 10.2. The van der Waals surface area contributed by atoms with Crippen molar-refractivity contribution in [2.75, 3.05) is 13.1 Å². The van der Waals surface area contributed by atoms with Crippen molar-refractivity contribution in [1.82, 2.24) is 9.88 Å². The van der Waals surface area contributed by atoms with E-state index in [0.29, 0.717) is 5.25 Å². The van der Waals surface area contributed by atoms with Crippen molar-refractivity contribution in [2.45, 2.75) is 37.3 Å². The summed E-state index contributed by atoms with van der Waals surface area (Å²) >= 11 is 0. The molecule has 0 saturated carbocycles. The standard InChI is InChI=1S/C17H22N2OS/c1-3-16-12-19(10-13(2)21(16)20)11-15-6-4-5-14-9-18-8-7-17(14)15/h4-9,13,16H,3,10-12H2,1-2H3. The number of benzene rings is 1. The first-order valence-electron chi connectivity index (χ1n) is 7.62. The normalized spacial score (nSPS) is 27.0. The Balaban J connectivity index is 1.84. The van der Waals surface area contributed by atoms with Crippen LogP contribution in [-0.2, 0) is 17.3 Å². The summed E-state index contributed by atoms with van der Waals surface area (Å²) in [6.07, 6.45) is 4.77. The van der Waals surface area contributed by atoms with Gasteiger partial charge in [-0.15, -0.1) is 0 Å². The fraction of sp³-hybridized carbons (Fsp3) is 0.471. The lowest BCUT2D eigenvalue weighted by Crippen LogP contribution is -2.47. The minimum Gasteiger partial charge on any atom is -0.297 e. The number of hydrogen-bond donors (Lipinski definition) is 0. The van der Waals surface area contributed by atoms with E-state index in [2.05, 4.69) is 48.0 Å². The van der Waals surface area contributed by atoms with E-state index in [4.69, 9.17) is 0 Å². The maximum Gasteiger partial charge on any atom is 0.0475 e. The number of fused-ring (bicyclic) bond motifs is 1. The van der Waals surface area contributed by atoms with Crippen LogP contribution in [0.5, 0.6) is 0 Å². The van der Waals surface area contributed by atoms with Gasteiger partial charge in [-0.05, 0) is 30.4 Å². The van der Waals surface area contributed by atoms with E-state index >= 15 is 0 Å². The number of aromatic nitrogens is 1. The van der Waals surface area contributed by atoms with Gasteiger partial charge in [0.1, 0.15) is 0 Å². The third kappa shape index (κ3) is 3.01. The van der Waals surface area contributed by atoms with Crippen molar-refractivity contribution in [3.63, 3.8) is 0 Å². The molecule has 112 valence electrons. The van der Waals surface area contributed by atoms with E-state index in [0.717, 1.165) is 26.1 Å². The summed E-state index contributed by atoms with van der Waals surface area (Å²) in [5, 5.41) is 3.04. The zero-order chi connectivity index (χ0) is 14.8. The molecule has 2 aromatic rings. The van der Waals surface area contributed by atoms with Crippen LogP contribution in [0.2, 0.25) is 0 Å². The lowest BCUT2D eigenvalue weighted by molar-refractivity contribution is 0.254. The largest absolute Gasteiger partial charge is 0.297 e. The number of rotatable bonds is 3. The van der Waals surface area contributed by atoms with Gasteiger partial charge in [0.15, 0.2) is 0 Å². The van der Waals surface area contributed by atoms with Crippen molar-refractivity contribution in [3.8, 4) is 0 Å². The Hall–Kier alpha value is -1.26. The van der Waals surface area contributed by atoms with Crippen LogP contribution in [0.15, 0.2) is 36.7 Å². The number of hydrogen-bond acceptors (Lipinski definition) is 3. The lowest BCUT2D eigenvalue weighted by atomic mass is 10.1. The molecule has 3 nitrogen and oxygen atoms in total. The van der Waals surface area contributed by atoms with Gasteiger partial charge in [-0.25, -0.2) is 0 Å². The van der Waals surface area contributed by atoms with E-state index in [1.54, 1.807) is 0 Å². The smallest absolute Gasteiger partial charge is 0.0475 e. The summed E-state index contributed by atoms with van der Waals surface area (Å²) in [5.74, 6) is 0. The predicted octanol–water partition coefficient (Wildman–Crippen LogP) is 2.97. The summed E-state index contributed by atoms with van der Waals surface area (Å²) < 4.78 is 12.2. The second kappa shape index (κ2) is 6.24. The van der Waals surface area contributed by atoms with Gasteiger partial charge >= 0.3 is 0 Å². The van der Waals surface area contributed by atoms with Gasteiger partial charge in [0.05, 0.1) is 0 Å². The van der Waals surface area contributed by atoms with Crippen LogP contribution in [-0.4, -0.2) is 37.7 Å². The molecule has 2 heterocycles. The number of nitrogens with zero attached hydrogens (tertiary/aromatic N) is 2. The quantitative estimate of drug-likeness (QED) is 0.874. The Labute approximate surface area is 128 Å². The molecule has 0 bridgehead atoms. The Morgan fingerprint density at radius 3 is 3.00 bits per heavy atom. The first-order valence-corrected chi connectivity index (χ1v) is 8.90. The molecule has 1 saturated heterocycles. The molecule has 21 heavy (non-hydrogen) atoms. The van der Waals surface area contributed by atoms with Crippen molar-refractivity contribution in [3.05, 3.63) is 42.2 Å². The molecule has 4 heteroatoms. The molecule has 0 N–H and O–H groups in total. The monoisotopic (exact) mass is 302 g/mol. The predicted molar refractivity (Wildman–Crippen MR) is 88.7 cm³/mol. The fourth-order valence-electron chi connectivity index (χ4n) is 3.19. The van der Waals surface area contributed by atoms with Crippen LogP contribution in [0, 0.1) is 0 Å². The SMILES string of the molecule is CCC1CN(Cc2cccc3cnccc23)CC(C)S1=O. The maximum absolute atomic E-state index is 12.2. The molecule has 1 aliphatic rings. The molecule has 1 aromatic carbocycles. The number of pyridine rings is 1. The zero-order valence-electron chi connectivity index (χ0n) is 12.7. The highest BCUT2D eigenvalue weighted by atomic mass is 32.2. The van der Waals surface area contributed by atoms with E-state index < -0.39 is 10.8 Å². The molecular formula is C17H22N2OS. The van der Waals surface area contributed by atoms with Crippen LogP contribution >= 0.6 is 0 Å². The van der Waals surface area contributed by atoms with E-state index in [1.165, 1.54) is 16.3 Å². The fourth-order valence-corrected chi connectivity index (χ4v) is 4.89. The van der Waals surface area contributed by atoms with Crippen LogP contribution in [0.3, 0.4) is 0 Å². The van der Waals surface area contributed by atoms with Crippen LogP contribution in [0.25, 0.3) is 10.8 Å². The average Bonchev–Trinajstić information content (AvgIpc) is 2.51. The second-order valence-corrected chi connectivity index (χ2v) is 8.01. The van der Waals surface area contributed by atoms with Crippen LogP contribution in [0.1, 0.15) is 25.8 Å². The molecule has 0 amide bonds. The summed E-state index contributed by atoms with van der Waals surface area (Å²) in [7, 11) is -0.680. The highest BCUT2D eigenvalue weighted by molar-refractivity contribution is 7.86. The van der Waals surface area contributed by atoms with Crippen LogP contribution in [0.4, 0.5) is 0 Å². The van der Waals surface area contributed by atoms with E-state index in [-0.39, 0.29) is 5.25 Å². The van der Waals surface area contributed by atoms with E-state index in [9.17, 15) is 4.21 Å². The van der Waals surface area contributed by atoms with Crippen molar-refractivity contribution in [2.24, 2.45) is 0 Å². The Morgan fingerprint density at radius 2 is 2.19 bits per heavy atom. The minimum atomic E-state index is -0.680. The Bertz CT molecular complexity index is 653. The molecule has 0 radical (unpaired) electrons. The third-order valence-electron chi connectivity index (χ3n) is 4.32. The summed E-state index contributed by atoms with van der Waals surface area (Å²) in [5.41, 5.74) is 1.34. The minimum absolute atomic E-state index is 0.264. The molecule has 0 aliphatic carbocycles. The van der Waals surface area contributed by atoms with Gasteiger partial charge in [0.25, 0.3) is 0 Å². The third-order valence-corrected chi connectivity index (χ3v) is 6.40. The van der Waals surface area contributed by atoms with Gasteiger partial charge in [-0.3, -0.25) is 14.1 Å². The maximum atomic E-state index is 12.2. The van der Waals surface area contributed by atoms with Gasteiger partial charge in [0.2, 0.25) is 0 Å². The average molecular weight is 302 g/mol. The van der Waals surface area contributed by atoms with Crippen molar-refractivity contribution in [1.29, 1.82) is 0 Å². The molecule has 3 atom stereocenters. The van der Waals surface area contributed by atoms with Crippen molar-refractivity contribution < 1.29 is 4.21 Å². The Morgan fingerprint density at radius 1 is 1.33 bits per heavy atom. The van der Waals surface area contributed by atoms with Gasteiger partial charge in [0, 0.05) is 58.7 Å². The van der Waals surface area contributed by atoms with Crippen LogP contribution < -0.4 is 0 Å². The zero-order valence-corrected chi connectivity index (χ0v) is 13.5. The van der Waals surface area contributed by atoms with Gasteiger partial charge in [-0.1, -0.05) is 25.1 Å². The molecule has 1 fully saturated rings. The summed E-state index contributed by atoms with van der Waals surface area (Å²) in [6, 6.07) is 8.49. The molecule has 3 rings (SSSR count). The molecule has 1 aliphatic heterocycles. The summed E-state index contributed by atoms with van der Waals surface area (Å²) in [4.78, 5) is 6.65. The van der Waals surface area contributed by atoms with E-state index in [1.807, 2.05) is 12.4 Å². The molecule has 0 spiro atoms. The lowest BCUT2D eigenvalue weighted by Gasteiger charge is -2.35. The Kier molecular flexibility index (Phi) is 4.36. The van der Waals surface area contributed by atoms with Gasteiger partial charge < -0.3 is 0 Å². The molecule has 3 unspecified atom stereocenters.